The van der Waals surface area contributed by atoms with Gasteiger partial charge in [-0.3, -0.25) is 14.9 Å². The smallest absolute Gasteiger partial charge is 0.328 e. The third-order valence-corrected chi connectivity index (χ3v) is 3.63. The Balaban J connectivity index is 1.97. The van der Waals surface area contributed by atoms with E-state index < -0.39 is 28.7 Å². The van der Waals surface area contributed by atoms with E-state index in [2.05, 4.69) is 5.32 Å². The van der Waals surface area contributed by atoms with Crippen LogP contribution in [0.5, 0.6) is 5.75 Å². The molecule has 0 radical (unpaired) electrons. The Morgan fingerprint density at radius 1 is 1.26 bits per heavy atom. The molecule has 0 aliphatic heterocycles. The van der Waals surface area contributed by atoms with Crippen LogP contribution in [0.3, 0.4) is 0 Å². The molecule has 0 spiro atoms. The van der Waals surface area contributed by atoms with Crippen LogP contribution in [-0.2, 0) is 16.1 Å². The van der Waals surface area contributed by atoms with Gasteiger partial charge in [-0.2, -0.15) is 0 Å². The predicted molar refractivity (Wildman–Crippen MR) is 92.8 cm³/mol. The molecule has 0 unspecified atom stereocenters. The first-order valence-corrected chi connectivity index (χ1v) is 7.86. The molecule has 0 aliphatic carbocycles. The third kappa shape index (κ3) is 5.24. The van der Waals surface area contributed by atoms with Crippen molar-refractivity contribution >= 4 is 17.6 Å². The van der Waals surface area contributed by atoms with E-state index in [9.17, 15) is 24.1 Å². The molecule has 2 rings (SSSR count). The normalized spacial score (nSPS) is 11.4. The number of hydrogen-bond acceptors (Lipinski definition) is 6. The van der Waals surface area contributed by atoms with E-state index >= 15 is 0 Å². The maximum absolute atomic E-state index is 13.3. The van der Waals surface area contributed by atoms with E-state index in [1.807, 2.05) is 0 Å². The highest BCUT2D eigenvalue weighted by atomic mass is 19.1. The van der Waals surface area contributed by atoms with Crippen LogP contribution in [0.4, 0.5) is 10.1 Å². The standard InChI is InChI=1S/C18H17FN2O6/c1-11(20-17(22)12-4-3-5-15(9-12)21(24)25)18(23)27-10-13-8-14(19)6-7-16(13)26-2/h3-9,11H,10H2,1-2H3,(H,20,22)/t11-/m0/s1. The number of hydrogen-bond donors (Lipinski definition) is 1. The Bertz CT molecular complexity index is 871. The largest absolute Gasteiger partial charge is 0.496 e. The summed E-state index contributed by atoms with van der Waals surface area (Å²) in [6, 6.07) is 7.89. The first kappa shape index (κ1) is 19.8. The number of amides is 1. The molecular weight excluding hydrogens is 359 g/mol. The molecule has 0 saturated heterocycles. The topological polar surface area (TPSA) is 108 Å². The number of nitro benzene ring substituents is 1. The molecule has 0 bridgehead atoms. The Kier molecular flexibility index (Phi) is 6.42. The zero-order chi connectivity index (χ0) is 20.0. The number of nitrogens with zero attached hydrogens (tertiary/aromatic N) is 1. The SMILES string of the molecule is COc1ccc(F)cc1COC(=O)[C@H](C)NC(=O)c1cccc([N+](=O)[O-])c1. The molecule has 1 amide bonds. The fourth-order valence-corrected chi connectivity index (χ4v) is 2.23. The summed E-state index contributed by atoms with van der Waals surface area (Å²) in [6.07, 6.45) is 0. The number of rotatable bonds is 7. The van der Waals surface area contributed by atoms with Crippen molar-refractivity contribution in [1.82, 2.24) is 5.32 Å². The van der Waals surface area contributed by atoms with Gasteiger partial charge in [-0.15, -0.1) is 0 Å². The molecule has 8 nitrogen and oxygen atoms in total. The first-order valence-electron chi connectivity index (χ1n) is 7.86. The fraction of sp³-hybridized carbons (Fsp3) is 0.222. The minimum absolute atomic E-state index is 0.0376. The molecule has 0 aromatic heterocycles. The van der Waals surface area contributed by atoms with Crippen LogP contribution in [0.15, 0.2) is 42.5 Å². The number of methoxy groups -OCH3 is 1. The number of non-ortho nitro benzene ring substituents is 1. The highest BCUT2D eigenvalue weighted by Gasteiger charge is 2.20. The summed E-state index contributed by atoms with van der Waals surface area (Å²) in [5.41, 5.74) is 0.134. The molecule has 0 aliphatic rings. The van der Waals surface area contributed by atoms with Gasteiger partial charge in [-0.05, 0) is 31.2 Å². The van der Waals surface area contributed by atoms with E-state index in [1.54, 1.807) is 0 Å². The highest BCUT2D eigenvalue weighted by molar-refractivity contribution is 5.97. The molecule has 0 heterocycles. The molecular formula is C18H17FN2O6. The molecule has 1 atom stereocenters. The van der Waals surface area contributed by atoms with Crippen LogP contribution in [0.1, 0.15) is 22.8 Å². The van der Waals surface area contributed by atoms with Crippen molar-refractivity contribution in [2.75, 3.05) is 7.11 Å². The van der Waals surface area contributed by atoms with Gasteiger partial charge in [-0.1, -0.05) is 6.07 Å². The van der Waals surface area contributed by atoms with Crippen molar-refractivity contribution in [3.63, 3.8) is 0 Å². The van der Waals surface area contributed by atoms with Gasteiger partial charge in [0, 0.05) is 23.3 Å². The summed E-state index contributed by atoms with van der Waals surface area (Å²) in [5, 5.41) is 13.2. The van der Waals surface area contributed by atoms with Crippen molar-refractivity contribution in [3.8, 4) is 5.75 Å². The molecule has 0 saturated carbocycles. The lowest BCUT2D eigenvalue weighted by Gasteiger charge is -2.14. The Labute approximate surface area is 154 Å². The third-order valence-electron chi connectivity index (χ3n) is 3.63. The van der Waals surface area contributed by atoms with Crippen LogP contribution >= 0.6 is 0 Å². The van der Waals surface area contributed by atoms with Gasteiger partial charge in [0.15, 0.2) is 0 Å². The van der Waals surface area contributed by atoms with Crippen molar-refractivity contribution in [2.24, 2.45) is 0 Å². The minimum Gasteiger partial charge on any atom is -0.496 e. The van der Waals surface area contributed by atoms with Crippen LogP contribution in [0.25, 0.3) is 0 Å². The molecule has 27 heavy (non-hydrogen) atoms. The number of nitro groups is 1. The van der Waals surface area contributed by atoms with Gasteiger partial charge in [0.25, 0.3) is 11.6 Å². The van der Waals surface area contributed by atoms with Crippen LogP contribution in [0, 0.1) is 15.9 Å². The molecule has 2 aromatic carbocycles. The van der Waals surface area contributed by atoms with Gasteiger partial charge in [-0.25, -0.2) is 9.18 Å². The van der Waals surface area contributed by atoms with Gasteiger partial charge < -0.3 is 14.8 Å². The zero-order valence-corrected chi connectivity index (χ0v) is 14.6. The summed E-state index contributed by atoms with van der Waals surface area (Å²) in [5.74, 6) is -1.56. The van der Waals surface area contributed by atoms with Crippen LogP contribution in [0.2, 0.25) is 0 Å². The summed E-state index contributed by atoms with van der Waals surface area (Å²) in [4.78, 5) is 34.3. The molecule has 142 valence electrons. The number of halogens is 1. The number of esters is 1. The lowest BCUT2D eigenvalue weighted by atomic mass is 10.2. The van der Waals surface area contributed by atoms with Gasteiger partial charge in [0.2, 0.25) is 0 Å². The quantitative estimate of drug-likeness (QED) is 0.452. The molecule has 2 aromatic rings. The fourth-order valence-electron chi connectivity index (χ4n) is 2.23. The predicted octanol–water partition coefficient (Wildman–Crippen LogP) is 2.60. The van der Waals surface area contributed by atoms with E-state index in [0.29, 0.717) is 11.3 Å². The number of nitrogens with one attached hydrogen (secondary N) is 1. The molecule has 9 heteroatoms. The monoisotopic (exact) mass is 376 g/mol. The first-order chi connectivity index (χ1) is 12.8. The Morgan fingerprint density at radius 3 is 2.67 bits per heavy atom. The van der Waals surface area contributed by atoms with E-state index in [0.717, 1.165) is 6.07 Å². The number of ether oxygens (including phenoxy) is 2. The van der Waals surface area contributed by atoms with E-state index in [4.69, 9.17) is 9.47 Å². The van der Waals surface area contributed by atoms with Gasteiger partial charge in [0.05, 0.1) is 12.0 Å². The number of benzene rings is 2. The Hall–Kier alpha value is -3.49. The van der Waals surface area contributed by atoms with Crippen molar-refractivity contribution in [1.29, 1.82) is 0 Å². The van der Waals surface area contributed by atoms with Crippen molar-refractivity contribution in [3.05, 3.63) is 69.5 Å². The summed E-state index contributed by atoms with van der Waals surface area (Å²) >= 11 is 0. The second-order valence-corrected chi connectivity index (χ2v) is 5.57. The number of carbonyl (C=O) groups is 2. The average molecular weight is 376 g/mol. The second-order valence-electron chi connectivity index (χ2n) is 5.57. The van der Waals surface area contributed by atoms with E-state index in [-0.39, 0.29) is 17.9 Å². The van der Waals surface area contributed by atoms with E-state index in [1.165, 1.54) is 50.4 Å². The highest BCUT2D eigenvalue weighted by Crippen LogP contribution is 2.20. The summed E-state index contributed by atoms with van der Waals surface area (Å²) < 4.78 is 23.5. The van der Waals surface area contributed by atoms with Gasteiger partial charge >= 0.3 is 5.97 Å². The maximum Gasteiger partial charge on any atom is 0.328 e. The summed E-state index contributed by atoms with van der Waals surface area (Å²) in [7, 11) is 1.40. The lowest BCUT2D eigenvalue weighted by molar-refractivity contribution is -0.384. The molecule has 1 N–H and O–H groups in total. The number of carbonyl (C=O) groups excluding carboxylic acids is 2. The Morgan fingerprint density at radius 2 is 2.00 bits per heavy atom. The van der Waals surface area contributed by atoms with Crippen molar-refractivity contribution in [2.45, 2.75) is 19.6 Å². The minimum atomic E-state index is -1.02. The second kappa shape index (κ2) is 8.75. The van der Waals surface area contributed by atoms with Crippen LogP contribution in [-0.4, -0.2) is 30.0 Å². The maximum atomic E-state index is 13.3. The zero-order valence-electron chi connectivity index (χ0n) is 14.6. The summed E-state index contributed by atoms with van der Waals surface area (Å²) in [6.45, 7) is 1.16. The lowest BCUT2D eigenvalue weighted by Crippen LogP contribution is -2.39. The van der Waals surface area contributed by atoms with Crippen LogP contribution < -0.4 is 10.1 Å². The van der Waals surface area contributed by atoms with Crippen molar-refractivity contribution < 1.29 is 28.4 Å². The van der Waals surface area contributed by atoms with Gasteiger partial charge in [0.1, 0.15) is 24.2 Å². The molecule has 0 fully saturated rings. The average Bonchev–Trinajstić information content (AvgIpc) is 2.66.